The van der Waals surface area contributed by atoms with Gasteiger partial charge in [-0.2, -0.15) is 0 Å². The van der Waals surface area contributed by atoms with Crippen LogP contribution in [0.2, 0.25) is 0 Å². The van der Waals surface area contributed by atoms with Crippen LogP contribution in [0, 0.1) is 5.92 Å². The molecule has 1 unspecified atom stereocenters. The van der Waals surface area contributed by atoms with Crippen LogP contribution in [0.4, 0.5) is 4.79 Å². The van der Waals surface area contributed by atoms with Gasteiger partial charge in [-0.1, -0.05) is 49.6 Å². The van der Waals surface area contributed by atoms with Gasteiger partial charge in [-0.15, -0.1) is 0 Å². The first kappa shape index (κ1) is 16.3. The van der Waals surface area contributed by atoms with Gasteiger partial charge < -0.3 is 14.8 Å². The van der Waals surface area contributed by atoms with Gasteiger partial charge in [0.25, 0.3) is 0 Å². The van der Waals surface area contributed by atoms with Gasteiger partial charge in [0.1, 0.15) is 12.6 Å². The van der Waals surface area contributed by atoms with Crippen molar-refractivity contribution in [3.8, 4) is 0 Å². The molecular formula is C17H23NO4. The number of hydrogen-bond acceptors (Lipinski definition) is 4. The molecule has 1 atom stereocenters. The van der Waals surface area contributed by atoms with Crippen molar-refractivity contribution in [1.29, 1.82) is 0 Å². The van der Waals surface area contributed by atoms with E-state index in [1.807, 2.05) is 30.3 Å². The standard InChI is InChI=1S/C17H23NO4/c1-2-21-16(19)15(11-13-9-6-10-13)18-17(20)22-12-14-7-4-3-5-8-14/h3-5,7-8,13,15H,2,6,9-12H2,1H3,(H,18,20). The lowest BCUT2D eigenvalue weighted by molar-refractivity contribution is -0.146. The molecule has 0 saturated heterocycles. The third-order valence-corrected chi connectivity index (χ3v) is 3.87. The van der Waals surface area contributed by atoms with Crippen LogP contribution in [0.25, 0.3) is 0 Å². The van der Waals surface area contributed by atoms with Crippen molar-refractivity contribution in [2.45, 2.75) is 45.3 Å². The Labute approximate surface area is 131 Å². The molecular weight excluding hydrogens is 282 g/mol. The van der Waals surface area contributed by atoms with E-state index in [4.69, 9.17) is 9.47 Å². The maximum atomic E-state index is 11.9. The molecule has 22 heavy (non-hydrogen) atoms. The van der Waals surface area contributed by atoms with Crippen molar-refractivity contribution in [2.24, 2.45) is 5.92 Å². The lowest BCUT2D eigenvalue weighted by Gasteiger charge is -2.28. The largest absolute Gasteiger partial charge is 0.464 e. The normalized spacial score (nSPS) is 15.5. The molecule has 0 bridgehead atoms. The lowest BCUT2D eigenvalue weighted by atomic mass is 9.81. The van der Waals surface area contributed by atoms with Crippen LogP contribution in [0.15, 0.2) is 30.3 Å². The summed E-state index contributed by atoms with van der Waals surface area (Å²) in [6.45, 7) is 2.25. The molecule has 1 amide bonds. The molecule has 2 rings (SSSR count). The summed E-state index contributed by atoms with van der Waals surface area (Å²) >= 11 is 0. The molecule has 1 saturated carbocycles. The Balaban J connectivity index is 1.82. The maximum absolute atomic E-state index is 11.9. The third-order valence-electron chi connectivity index (χ3n) is 3.87. The number of alkyl carbamates (subject to hydrolysis) is 1. The van der Waals surface area contributed by atoms with Gasteiger partial charge >= 0.3 is 12.1 Å². The second-order valence-corrected chi connectivity index (χ2v) is 5.54. The van der Waals surface area contributed by atoms with Gasteiger partial charge in [0, 0.05) is 0 Å². The Bertz CT molecular complexity index is 485. The highest BCUT2D eigenvalue weighted by Gasteiger charge is 2.29. The van der Waals surface area contributed by atoms with Crippen molar-refractivity contribution >= 4 is 12.1 Å². The van der Waals surface area contributed by atoms with Crippen LogP contribution in [0.1, 0.15) is 38.2 Å². The van der Waals surface area contributed by atoms with Gasteiger partial charge in [0.15, 0.2) is 0 Å². The molecule has 0 radical (unpaired) electrons. The predicted molar refractivity (Wildman–Crippen MR) is 82.1 cm³/mol. The van der Waals surface area contributed by atoms with Gasteiger partial charge in [-0.25, -0.2) is 9.59 Å². The first-order valence-electron chi connectivity index (χ1n) is 7.83. The van der Waals surface area contributed by atoms with Gasteiger partial charge in [-0.05, 0) is 24.8 Å². The Morgan fingerprint density at radius 3 is 2.55 bits per heavy atom. The van der Waals surface area contributed by atoms with Crippen molar-refractivity contribution in [1.82, 2.24) is 5.32 Å². The Kier molecular flexibility index (Phi) is 6.25. The Morgan fingerprint density at radius 1 is 1.23 bits per heavy atom. The SMILES string of the molecule is CCOC(=O)C(CC1CCC1)NC(=O)OCc1ccccc1. The van der Waals surface area contributed by atoms with E-state index >= 15 is 0 Å². The first-order valence-corrected chi connectivity index (χ1v) is 7.83. The summed E-state index contributed by atoms with van der Waals surface area (Å²) in [5.41, 5.74) is 0.907. The zero-order valence-electron chi connectivity index (χ0n) is 12.9. The average Bonchev–Trinajstić information content (AvgIpc) is 2.48. The highest BCUT2D eigenvalue weighted by atomic mass is 16.6. The summed E-state index contributed by atoms with van der Waals surface area (Å²) in [7, 11) is 0. The maximum Gasteiger partial charge on any atom is 0.408 e. The number of carbonyl (C=O) groups is 2. The summed E-state index contributed by atoms with van der Waals surface area (Å²) in [6.07, 6.45) is 3.45. The van der Waals surface area contributed by atoms with E-state index in [2.05, 4.69) is 5.32 Å². The van der Waals surface area contributed by atoms with E-state index in [-0.39, 0.29) is 12.6 Å². The summed E-state index contributed by atoms with van der Waals surface area (Å²) in [6, 6.07) is 8.81. The Hall–Kier alpha value is -2.04. The number of benzene rings is 1. The molecule has 1 aliphatic carbocycles. The topological polar surface area (TPSA) is 64.6 Å². The highest BCUT2D eigenvalue weighted by Crippen LogP contribution is 2.30. The molecule has 0 aromatic heterocycles. The molecule has 0 heterocycles. The van der Waals surface area contributed by atoms with E-state index in [1.54, 1.807) is 6.92 Å². The summed E-state index contributed by atoms with van der Waals surface area (Å²) < 4.78 is 10.2. The van der Waals surface area contributed by atoms with E-state index < -0.39 is 12.1 Å². The second kappa shape index (κ2) is 8.41. The van der Waals surface area contributed by atoms with Gasteiger partial charge in [0.05, 0.1) is 6.61 Å². The molecule has 1 aromatic carbocycles. The summed E-state index contributed by atoms with van der Waals surface area (Å²) in [4.78, 5) is 23.8. The van der Waals surface area contributed by atoms with Crippen LogP contribution in [0.5, 0.6) is 0 Å². The molecule has 1 aromatic rings. The number of hydrogen-bond donors (Lipinski definition) is 1. The predicted octanol–water partition coefficient (Wildman–Crippen LogP) is 3.03. The third kappa shape index (κ3) is 5.06. The fourth-order valence-electron chi connectivity index (χ4n) is 2.43. The number of rotatable bonds is 7. The quantitative estimate of drug-likeness (QED) is 0.786. The molecule has 1 fully saturated rings. The van der Waals surface area contributed by atoms with E-state index in [0.29, 0.717) is 18.9 Å². The zero-order valence-corrected chi connectivity index (χ0v) is 12.9. The molecule has 0 spiro atoms. The van der Waals surface area contributed by atoms with E-state index in [9.17, 15) is 9.59 Å². The molecule has 5 nitrogen and oxygen atoms in total. The number of nitrogens with one attached hydrogen (secondary N) is 1. The number of carbonyl (C=O) groups excluding carboxylic acids is 2. The zero-order chi connectivity index (χ0) is 15.8. The molecule has 0 aliphatic heterocycles. The van der Waals surface area contributed by atoms with E-state index in [1.165, 1.54) is 6.42 Å². The number of ether oxygens (including phenoxy) is 2. The van der Waals surface area contributed by atoms with Crippen LogP contribution < -0.4 is 5.32 Å². The van der Waals surface area contributed by atoms with Crippen molar-refractivity contribution in [3.63, 3.8) is 0 Å². The molecule has 1 aliphatic rings. The first-order chi connectivity index (χ1) is 10.7. The lowest BCUT2D eigenvalue weighted by Crippen LogP contribution is -2.44. The minimum absolute atomic E-state index is 0.186. The molecule has 5 heteroatoms. The van der Waals surface area contributed by atoms with Crippen LogP contribution >= 0.6 is 0 Å². The van der Waals surface area contributed by atoms with Crippen molar-refractivity contribution in [3.05, 3.63) is 35.9 Å². The minimum Gasteiger partial charge on any atom is -0.464 e. The minimum atomic E-state index is -0.617. The second-order valence-electron chi connectivity index (χ2n) is 5.54. The monoisotopic (exact) mass is 305 g/mol. The molecule has 120 valence electrons. The smallest absolute Gasteiger partial charge is 0.408 e. The number of amides is 1. The van der Waals surface area contributed by atoms with E-state index in [0.717, 1.165) is 18.4 Å². The van der Waals surface area contributed by atoms with Crippen LogP contribution in [0.3, 0.4) is 0 Å². The fourth-order valence-corrected chi connectivity index (χ4v) is 2.43. The Morgan fingerprint density at radius 2 is 1.95 bits per heavy atom. The average molecular weight is 305 g/mol. The van der Waals surface area contributed by atoms with Crippen LogP contribution in [-0.4, -0.2) is 24.7 Å². The molecule has 1 N–H and O–H groups in total. The van der Waals surface area contributed by atoms with Gasteiger partial charge in [0.2, 0.25) is 0 Å². The van der Waals surface area contributed by atoms with Crippen LogP contribution in [-0.2, 0) is 20.9 Å². The number of esters is 1. The van der Waals surface area contributed by atoms with Crippen molar-refractivity contribution in [2.75, 3.05) is 6.61 Å². The highest BCUT2D eigenvalue weighted by molar-refractivity contribution is 5.81. The summed E-state index contributed by atoms with van der Waals surface area (Å²) in [5.74, 6) is 0.106. The van der Waals surface area contributed by atoms with Crippen molar-refractivity contribution < 1.29 is 19.1 Å². The fraction of sp³-hybridized carbons (Fsp3) is 0.529. The van der Waals surface area contributed by atoms with Gasteiger partial charge in [-0.3, -0.25) is 0 Å². The summed E-state index contributed by atoms with van der Waals surface area (Å²) in [5, 5.41) is 2.64.